The zero-order chi connectivity index (χ0) is 20.7. The lowest BCUT2D eigenvalue weighted by molar-refractivity contribution is 0.0951. The molecule has 29 heavy (non-hydrogen) atoms. The first kappa shape index (κ1) is 22.2. The minimum Gasteiger partial charge on any atom is -0.352 e. The van der Waals surface area contributed by atoms with Gasteiger partial charge in [-0.15, -0.1) is 0 Å². The van der Waals surface area contributed by atoms with Crippen LogP contribution in [-0.4, -0.2) is 62.3 Å². The third-order valence-corrected chi connectivity index (χ3v) is 8.09. The van der Waals surface area contributed by atoms with Crippen LogP contribution in [0.5, 0.6) is 0 Å². The number of rotatable bonds is 7. The van der Waals surface area contributed by atoms with Crippen LogP contribution in [0.1, 0.15) is 68.6 Å². The highest BCUT2D eigenvalue weighted by Gasteiger charge is 2.31. The van der Waals surface area contributed by atoms with Crippen LogP contribution in [0.3, 0.4) is 0 Å². The Balaban J connectivity index is 1.55. The Hall–Kier alpha value is -1.44. The van der Waals surface area contributed by atoms with Crippen LogP contribution in [0.4, 0.5) is 0 Å². The van der Waals surface area contributed by atoms with E-state index in [9.17, 15) is 13.2 Å². The molecule has 1 N–H and O–H groups in total. The van der Waals surface area contributed by atoms with E-state index in [0.29, 0.717) is 18.7 Å². The molecule has 2 heterocycles. The Morgan fingerprint density at radius 3 is 2.52 bits per heavy atom. The average molecular weight is 422 g/mol. The summed E-state index contributed by atoms with van der Waals surface area (Å²) in [5, 5.41) is 2.95. The van der Waals surface area contributed by atoms with Crippen molar-refractivity contribution in [2.45, 2.75) is 69.2 Å². The van der Waals surface area contributed by atoms with E-state index in [1.165, 1.54) is 31.7 Å². The number of amides is 1. The molecule has 6 nitrogen and oxygen atoms in total. The number of carbonyl (C=O) groups is 1. The zero-order valence-electron chi connectivity index (χ0n) is 17.6. The van der Waals surface area contributed by atoms with Crippen LogP contribution in [0, 0.1) is 0 Å². The van der Waals surface area contributed by atoms with Crippen LogP contribution in [0.15, 0.2) is 29.2 Å². The molecule has 3 rings (SSSR count). The molecular formula is C22H35N3O3S. The van der Waals surface area contributed by atoms with Crippen LogP contribution >= 0.6 is 0 Å². The van der Waals surface area contributed by atoms with Gasteiger partial charge in [0.15, 0.2) is 0 Å². The molecule has 1 atom stereocenters. The number of hydrogen-bond acceptors (Lipinski definition) is 4. The normalized spacial score (nSPS) is 22.2. The van der Waals surface area contributed by atoms with Crippen molar-refractivity contribution in [1.29, 1.82) is 0 Å². The van der Waals surface area contributed by atoms with Gasteiger partial charge in [0.1, 0.15) is 0 Å². The fraction of sp³-hybridized carbons (Fsp3) is 0.682. The maximum Gasteiger partial charge on any atom is 0.251 e. The van der Waals surface area contributed by atoms with Crippen molar-refractivity contribution < 1.29 is 13.2 Å². The van der Waals surface area contributed by atoms with Crippen LogP contribution in [0.25, 0.3) is 0 Å². The van der Waals surface area contributed by atoms with Crippen molar-refractivity contribution in [2.24, 2.45) is 0 Å². The molecule has 0 aromatic heterocycles. The van der Waals surface area contributed by atoms with Crippen LogP contribution in [-0.2, 0) is 10.0 Å². The molecule has 162 valence electrons. The summed E-state index contributed by atoms with van der Waals surface area (Å²) in [6, 6.07) is 6.45. The monoisotopic (exact) mass is 421 g/mol. The quantitative estimate of drug-likeness (QED) is 0.686. The molecule has 0 saturated carbocycles. The van der Waals surface area contributed by atoms with Crippen molar-refractivity contribution in [3.05, 3.63) is 29.8 Å². The molecular weight excluding hydrogens is 386 g/mol. The number of nitrogens with zero attached hydrogens (tertiary/aromatic N) is 2. The van der Waals surface area contributed by atoms with Crippen molar-refractivity contribution in [2.75, 3.05) is 32.7 Å². The van der Waals surface area contributed by atoms with Crippen molar-refractivity contribution in [1.82, 2.24) is 14.5 Å². The van der Waals surface area contributed by atoms with Gasteiger partial charge in [0.05, 0.1) is 4.90 Å². The van der Waals surface area contributed by atoms with Crippen molar-refractivity contribution in [3.63, 3.8) is 0 Å². The first-order chi connectivity index (χ1) is 14.0. The molecule has 2 aliphatic rings. The van der Waals surface area contributed by atoms with E-state index in [2.05, 4.69) is 10.2 Å². The molecule has 0 spiro atoms. The van der Waals surface area contributed by atoms with Crippen LogP contribution < -0.4 is 5.32 Å². The highest BCUT2D eigenvalue weighted by molar-refractivity contribution is 7.89. The minimum atomic E-state index is -3.56. The number of nitrogens with one attached hydrogen (secondary N) is 1. The highest BCUT2D eigenvalue weighted by Crippen LogP contribution is 2.25. The largest absolute Gasteiger partial charge is 0.352 e. The second kappa shape index (κ2) is 10.5. The van der Waals surface area contributed by atoms with E-state index in [1.54, 1.807) is 22.5 Å². The molecule has 0 radical (unpaired) electrons. The molecule has 2 saturated heterocycles. The van der Waals surface area contributed by atoms with Gasteiger partial charge in [-0.1, -0.05) is 25.3 Å². The molecule has 2 aliphatic heterocycles. The molecule has 0 aliphatic carbocycles. The summed E-state index contributed by atoms with van der Waals surface area (Å²) in [5.41, 5.74) is 0.408. The lowest BCUT2D eigenvalue weighted by Gasteiger charge is -2.32. The molecule has 1 unspecified atom stereocenters. The smallest absolute Gasteiger partial charge is 0.251 e. The third kappa shape index (κ3) is 6.03. The molecule has 7 heteroatoms. The summed E-state index contributed by atoms with van der Waals surface area (Å²) in [6.45, 7) is 6.43. The molecule has 0 bridgehead atoms. The van der Waals surface area contributed by atoms with E-state index in [1.807, 2.05) is 6.92 Å². The highest BCUT2D eigenvalue weighted by atomic mass is 32.2. The second-order valence-electron chi connectivity index (χ2n) is 8.35. The number of benzene rings is 1. The third-order valence-electron chi connectivity index (χ3n) is 6.08. The first-order valence-corrected chi connectivity index (χ1v) is 12.5. The predicted octanol–water partition coefficient (Wildman–Crippen LogP) is 3.25. The van der Waals surface area contributed by atoms with Gasteiger partial charge >= 0.3 is 0 Å². The summed E-state index contributed by atoms with van der Waals surface area (Å²) in [6.07, 6.45) is 8.93. The summed E-state index contributed by atoms with van der Waals surface area (Å²) >= 11 is 0. The molecule has 1 aromatic carbocycles. The zero-order valence-corrected chi connectivity index (χ0v) is 18.4. The van der Waals surface area contributed by atoms with E-state index < -0.39 is 10.0 Å². The number of hydrogen-bond donors (Lipinski definition) is 1. The van der Waals surface area contributed by atoms with Gasteiger partial charge in [-0.2, -0.15) is 4.31 Å². The van der Waals surface area contributed by atoms with Gasteiger partial charge in [-0.3, -0.25) is 4.79 Å². The summed E-state index contributed by atoms with van der Waals surface area (Å²) in [4.78, 5) is 15.2. The maximum absolute atomic E-state index is 13.0. The van der Waals surface area contributed by atoms with Crippen molar-refractivity contribution in [3.8, 4) is 0 Å². The molecule has 2 fully saturated rings. The fourth-order valence-corrected chi connectivity index (χ4v) is 6.07. The lowest BCUT2D eigenvalue weighted by Crippen LogP contribution is -2.42. The van der Waals surface area contributed by atoms with Crippen LogP contribution in [0.2, 0.25) is 0 Å². The lowest BCUT2D eigenvalue weighted by atomic mass is 10.1. The maximum atomic E-state index is 13.0. The number of sulfonamides is 1. The summed E-state index contributed by atoms with van der Waals surface area (Å²) in [7, 11) is -3.56. The Labute approximate surface area is 175 Å². The van der Waals surface area contributed by atoms with Gasteiger partial charge in [0.25, 0.3) is 5.91 Å². The molecule has 1 amide bonds. The predicted molar refractivity (Wildman–Crippen MR) is 116 cm³/mol. The topological polar surface area (TPSA) is 69.7 Å². The molecule has 1 aromatic rings. The minimum absolute atomic E-state index is 0.00483. The summed E-state index contributed by atoms with van der Waals surface area (Å²) < 4.78 is 27.6. The second-order valence-corrected chi connectivity index (χ2v) is 10.2. The van der Waals surface area contributed by atoms with E-state index in [0.717, 1.165) is 45.3 Å². The number of likely N-dealkylation sites (tertiary alicyclic amines) is 1. The Kier molecular flexibility index (Phi) is 8.09. The Morgan fingerprint density at radius 2 is 1.79 bits per heavy atom. The van der Waals surface area contributed by atoms with E-state index in [-0.39, 0.29) is 16.8 Å². The van der Waals surface area contributed by atoms with Crippen molar-refractivity contribution >= 4 is 15.9 Å². The Morgan fingerprint density at radius 1 is 1.07 bits per heavy atom. The number of piperidine rings is 1. The SMILES string of the molecule is CC1CCCCN1S(=O)(=O)c1cccc(C(=O)NCCCN2CCCCCC2)c1. The van der Waals surface area contributed by atoms with Gasteiger partial charge in [0, 0.05) is 24.7 Å². The van der Waals surface area contributed by atoms with E-state index in [4.69, 9.17) is 0 Å². The standard InChI is InChI=1S/C22H35N3O3S/c1-19-10-4-7-17-25(19)29(27,28)21-12-8-11-20(18-21)22(26)23-13-9-16-24-14-5-2-3-6-15-24/h8,11-12,18-19H,2-7,9-10,13-17H2,1H3,(H,23,26). The van der Waals surface area contributed by atoms with Gasteiger partial charge in [-0.05, 0) is 76.9 Å². The first-order valence-electron chi connectivity index (χ1n) is 11.1. The Bertz CT molecular complexity index is 773. The van der Waals surface area contributed by atoms with E-state index >= 15 is 0 Å². The van der Waals surface area contributed by atoms with Gasteiger partial charge < -0.3 is 10.2 Å². The summed E-state index contributed by atoms with van der Waals surface area (Å²) in [5.74, 6) is -0.204. The fourth-order valence-electron chi connectivity index (χ4n) is 4.33. The average Bonchev–Trinajstić information content (AvgIpc) is 3.00. The van der Waals surface area contributed by atoms with Gasteiger partial charge in [-0.25, -0.2) is 8.42 Å². The number of carbonyl (C=O) groups excluding carboxylic acids is 1. The van der Waals surface area contributed by atoms with Gasteiger partial charge in [0.2, 0.25) is 10.0 Å².